The van der Waals surface area contributed by atoms with E-state index in [0.29, 0.717) is 35.3 Å². The summed E-state index contributed by atoms with van der Waals surface area (Å²) in [6.07, 6.45) is 0.617. The van der Waals surface area contributed by atoms with Crippen LogP contribution in [0.2, 0.25) is 0 Å². The molecule has 1 aromatic heterocycles. The molecule has 4 aromatic rings. The average Bonchev–Trinajstić information content (AvgIpc) is 3.38. The highest BCUT2D eigenvalue weighted by atomic mass is 32.2. The van der Waals surface area contributed by atoms with Crippen LogP contribution in [0, 0.1) is 0 Å². The lowest BCUT2D eigenvalue weighted by Gasteiger charge is -2.16. The first-order valence-electron chi connectivity index (χ1n) is 11.6. The van der Waals surface area contributed by atoms with E-state index in [-0.39, 0.29) is 18.0 Å². The molecule has 0 radical (unpaired) electrons. The Balaban J connectivity index is 1.33. The monoisotopic (exact) mass is 502 g/mol. The van der Waals surface area contributed by atoms with Gasteiger partial charge in [-0.15, -0.1) is 0 Å². The number of hydrogen-bond donors (Lipinski definition) is 2. The Labute approximate surface area is 213 Å². The fourth-order valence-corrected chi connectivity index (χ4v) is 4.70. The van der Waals surface area contributed by atoms with Gasteiger partial charge in [-0.2, -0.15) is 0 Å². The zero-order valence-corrected chi connectivity index (χ0v) is 20.8. The van der Waals surface area contributed by atoms with Gasteiger partial charge in [-0.05, 0) is 48.4 Å². The third kappa shape index (κ3) is 5.31. The van der Waals surface area contributed by atoms with Crippen LogP contribution >= 0.6 is 11.8 Å². The SMILES string of the molecule is CC[C@@H](Sc1nc(NCc2ccc(OC)cc2)c2ccccc2n1)C(=O)Nc1ccc2c(c1)OCO2. The molecular weight excluding hydrogens is 476 g/mol. The minimum atomic E-state index is -0.369. The first-order chi connectivity index (χ1) is 17.6. The number of amides is 1. The first-order valence-corrected chi connectivity index (χ1v) is 12.5. The molecule has 1 aliphatic rings. The lowest BCUT2D eigenvalue weighted by molar-refractivity contribution is -0.115. The fraction of sp³-hybridized carbons (Fsp3) is 0.222. The zero-order chi connectivity index (χ0) is 24.9. The minimum absolute atomic E-state index is 0.120. The second kappa shape index (κ2) is 10.7. The van der Waals surface area contributed by atoms with Crippen molar-refractivity contribution in [2.24, 2.45) is 0 Å². The van der Waals surface area contributed by atoms with E-state index >= 15 is 0 Å². The van der Waals surface area contributed by atoms with Gasteiger partial charge in [0.1, 0.15) is 11.6 Å². The maximum atomic E-state index is 13.1. The van der Waals surface area contributed by atoms with E-state index < -0.39 is 0 Å². The van der Waals surface area contributed by atoms with Gasteiger partial charge >= 0.3 is 0 Å². The molecule has 0 spiro atoms. The van der Waals surface area contributed by atoms with Crippen LogP contribution in [0.15, 0.2) is 71.9 Å². The fourth-order valence-electron chi connectivity index (χ4n) is 3.82. The molecule has 3 aromatic carbocycles. The van der Waals surface area contributed by atoms with E-state index in [1.54, 1.807) is 25.3 Å². The largest absolute Gasteiger partial charge is 0.497 e. The quantitative estimate of drug-likeness (QED) is 0.229. The number of benzene rings is 3. The van der Waals surface area contributed by atoms with Gasteiger partial charge in [0.15, 0.2) is 16.7 Å². The van der Waals surface area contributed by atoms with Crippen molar-refractivity contribution in [2.75, 3.05) is 24.5 Å². The molecule has 9 heteroatoms. The van der Waals surface area contributed by atoms with Gasteiger partial charge in [0, 0.05) is 23.7 Å². The smallest absolute Gasteiger partial charge is 0.237 e. The van der Waals surface area contributed by atoms with Gasteiger partial charge in [-0.1, -0.05) is 43.0 Å². The second-order valence-electron chi connectivity index (χ2n) is 8.15. The summed E-state index contributed by atoms with van der Waals surface area (Å²) in [5, 5.41) is 7.50. The average molecular weight is 503 g/mol. The number of para-hydroxylation sites is 1. The summed E-state index contributed by atoms with van der Waals surface area (Å²) in [5.74, 6) is 2.72. The van der Waals surface area contributed by atoms with Gasteiger partial charge in [0.25, 0.3) is 0 Å². The van der Waals surface area contributed by atoms with Crippen molar-refractivity contribution >= 4 is 40.1 Å². The Hall–Kier alpha value is -3.98. The molecule has 0 saturated carbocycles. The lowest BCUT2D eigenvalue weighted by atomic mass is 10.2. The summed E-state index contributed by atoms with van der Waals surface area (Å²) >= 11 is 1.35. The summed E-state index contributed by atoms with van der Waals surface area (Å²) in [6, 6.07) is 21.1. The van der Waals surface area contributed by atoms with E-state index in [2.05, 4.69) is 10.6 Å². The molecule has 0 saturated heterocycles. The summed E-state index contributed by atoms with van der Waals surface area (Å²) in [6.45, 7) is 2.76. The van der Waals surface area contributed by atoms with Crippen LogP contribution in [0.4, 0.5) is 11.5 Å². The van der Waals surface area contributed by atoms with E-state index in [1.807, 2.05) is 55.5 Å². The summed E-state index contributed by atoms with van der Waals surface area (Å²) in [7, 11) is 1.65. The predicted octanol–water partition coefficient (Wildman–Crippen LogP) is 5.49. The van der Waals surface area contributed by atoms with Crippen molar-refractivity contribution in [2.45, 2.75) is 30.3 Å². The number of carbonyl (C=O) groups is 1. The molecule has 2 heterocycles. The molecule has 5 rings (SSSR count). The number of carbonyl (C=O) groups excluding carboxylic acids is 1. The summed E-state index contributed by atoms with van der Waals surface area (Å²) in [5.41, 5.74) is 2.57. The van der Waals surface area contributed by atoms with Gasteiger partial charge in [-0.3, -0.25) is 4.79 Å². The Morgan fingerprint density at radius 3 is 2.67 bits per heavy atom. The normalized spacial score (nSPS) is 12.8. The molecule has 1 amide bonds. The third-order valence-electron chi connectivity index (χ3n) is 5.75. The molecule has 0 bridgehead atoms. The standard InChI is InChI=1S/C27H26N4O4S/c1-3-24(26(32)29-18-10-13-22-23(14-18)35-16-34-22)36-27-30-21-7-5-4-6-20(21)25(31-27)28-15-17-8-11-19(33-2)12-9-17/h4-14,24H,3,15-16H2,1-2H3,(H,29,32)(H,28,30,31)/t24-/m1/s1. The Kier molecular flexibility index (Phi) is 7.08. The van der Waals surface area contributed by atoms with Crippen LogP contribution in [0.5, 0.6) is 17.2 Å². The van der Waals surface area contributed by atoms with Crippen molar-refractivity contribution < 1.29 is 19.0 Å². The summed E-state index contributed by atoms with van der Waals surface area (Å²) in [4.78, 5) is 22.6. The van der Waals surface area contributed by atoms with E-state index in [0.717, 1.165) is 28.0 Å². The van der Waals surface area contributed by atoms with Crippen molar-refractivity contribution in [1.82, 2.24) is 9.97 Å². The minimum Gasteiger partial charge on any atom is -0.497 e. The Morgan fingerprint density at radius 1 is 1.06 bits per heavy atom. The van der Waals surface area contributed by atoms with Crippen LogP contribution in [0.3, 0.4) is 0 Å². The van der Waals surface area contributed by atoms with Gasteiger partial charge < -0.3 is 24.8 Å². The molecule has 36 heavy (non-hydrogen) atoms. The number of aromatic nitrogens is 2. The summed E-state index contributed by atoms with van der Waals surface area (Å²) < 4.78 is 16.0. The van der Waals surface area contributed by atoms with Gasteiger partial charge in [-0.25, -0.2) is 9.97 Å². The number of methoxy groups -OCH3 is 1. The van der Waals surface area contributed by atoms with Crippen LogP contribution in [-0.2, 0) is 11.3 Å². The maximum absolute atomic E-state index is 13.1. The van der Waals surface area contributed by atoms with Crippen LogP contribution in [0.25, 0.3) is 10.9 Å². The molecule has 184 valence electrons. The predicted molar refractivity (Wildman–Crippen MR) is 141 cm³/mol. The highest BCUT2D eigenvalue weighted by Gasteiger charge is 2.22. The molecule has 8 nitrogen and oxygen atoms in total. The highest BCUT2D eigenvalue weighted by molar-refractivity contribution is 8.00. The van der Waals surface area contributed by atoms with E-state index in [4.69, 9.17) is 24.2 Å². The van der Waals surface area contributed by atoms with E-state index in [9.17, 15) is 4.79 Å². The molecule has 0 fully saturated rings. The second-order valence-corrected chi connectivity index (χ2v) is 9.32. The number of ether oxygens (including phenoxy) is 3. The number of anilines is 2. The highest BCUT2D eigenvalue weighted by Crippen LogP contribution is 2.35. The molecular formula is C27H26N4O4S. The number of fused-ring (bicyclic) bond motifs is 2. The van der Waals surface area contributed by atoms with Crippen LogP contribution < -0.4 is 24.8 Å². The van der Waals surface area contributed by atoms with E-state index in [1.165, 1.54) is 11.8 Å². The molecule has 0 aliphatic carbocycles. The number of rotatable bonds is 9. The topological polar surface area (TPSA) is 94.6 Å². The third-order valence-corrected chi connectivity index (χ3v) is 6.98. The number of thioether (sulfide) groups is 1. The maximum Gasteiger partial charge on any atom is 0.237 e. The Bertz CT molecular complexity index is 1380. The lowest BCUT2D eigenvalue weighted by Crippen LogP contribution is -2.24. The number of hydrogen-bond acceptors (Lipinski definition) is 8. The van der Waals surface area contributed by atoms with Crippen molar-refractivity contribution in [3.8, 4) is 17.2 Å². The van der Waals surface area contributed by atoms with Gasteiger partial charge in [0.05, 0.1) is 17.9 Å². The van der Waals surface area contributed by atoms with Crippen molar-refractivity contribution in [1.29, 1.82) is 0 Å². The van der Waals surface area contributed by atoms with Crippen LogP contribution in [-0.4, -0.2) is 35.0 Å². The molecule has 1 atom stereocenters. The number of nitrogens with zero attached hydrogens (tertiary/aromatic N) is 2. The van der Waals surface area contributed by atoms with Crippen molar-refractivity contribution in [3.63, 3.8) is 0 Å². The molecule has 0 unspecified atom stereocenters. The van der Waals surface area contributed by atoms with Crippen LogP contribution in [0.1, 0.15) is 18.9 Å². The molecule has 1 aliphatic heterocycles. The van der Waals surface area contributed by atoms with Crippen molar-refractivity contribution in [3.05, 3.63) is 72.3 Å². The zero-order valence-electron chi connectivity index (χ0n) is 20.0. The molecule has 2 N–H and O–H groups in total. The first kappa shape index (κ1) is 23.7. The Morgan fingerprint density at radius 2 is 1.86 bits per heavy atom. The number of nitrogens with one attached hydrogen (secondary N) is 2. The van der Waals surface area contributed by atoms with Gasteiger partial charge in [0.2, 0.25) is 12.7 Å².